The van der Waals surface area contributed by atoms with Crippen molar-refractivity contribution in [3.05, 3.63) is 70.5 Å². The normalized spacial score (nSPS) is 23.5. The number of benzene rings is 1. The van der Waals surface area contributed by atoms with Crippen molar-refractivity contribution < 1.29 is 4.79 Å². The smallest absolute Gasteiger partial charge is 0.259 e. The highest BCUT2D eigenvalue weighted by molar-refractivity contribution is 6.09. The van der Waals surface area contributed by atoms with E-state index in [1.807, 2.05) is 17.0 Å². The Morgan fingerprint density at radius 3 is 2.67 bits per heavy atom. The van der Waals surface area contributed by atoms with Crippen molar-refractivity contribution in [2.24, 2.45) is 16.3 Å². The molecule has 0 spiro atoms. The molecule has 0 saturated carbocycles. The van der Waals surface area contributed by atoms with E-state index in [-0.39, 0.29) is 5.91 Å². The van der Waals surface area contributed by atoms with Gasteiger partial charge in [-0.1, -0.05) is 63.3 Å². The maximum absolute atomic E-state index is 13.7. The second-order valence-corrected chi connectivity index (χ2v) is 10.9. The lowest BCUT2D eigenvalue weighted by molar-refractivity contribution is -0.125. The summed E-state index contributed by atoms with van der Waals surface area (Å²) < 4.78 is 0. The molecule has 1 aromatic carbocycles. The van der Waals surface area contributed by atoms with E-state index in [1.165, 1.54) is 22.4 Å². The lowest BCUT2D eigenvalue weighted by Crippen LogP contribution is -2.53. The summed E-state index contributed by atoms with van der Waals surface area (Å²) in [6, 6.07) is 8.33. The highest BCUT2D eigenvalue weighted by atomic mass is 16.2. The third-order valence-corrected chi connectivity index (χ3v) is 7.57. The van der Waals surface area contributed by atoms with Crippen molar-refractivity contribution >= 4 is 11.9 Å². The quantitative estimate of drug-likeness (QED) is 0.686. The predicted octanol–water partition coefficient (Wildman–Crippen LogP) is 4.52. The monoisotopic (exact) mass is 444 g/mol. The first-order valence-electron chi connectivity index (χ1n) is 12.3. The van der Waals surface area contributed by atoms with Gasteiger partial charge in [0.1, 0.15) is 0 Å². The van der Waals surface area contributed by atoms with Crippen LogP contribution in [-0.2, 0) is 11.3 Å². The third-order valence-electron chi connectivity index (χ3n) is 7.57. The first-order valence-corrected chi connectivity index (χ1v) is 12.3. The molecular formula is C28H36N4O. The van der Waals surface area contributed by atoms with Crippen molar-refractivity contribution in [3.8, 4) is 0 Å². The van der Waals surface area contributed by atoms with Crippen molar-refractivity contribution in [1.29, 1.82) is 0 Å². The molecule has 5 rings (SSSR count). The molecule has 0 saturated heterocycles. The lowest BCUT2D eigenvalue weighted by Gasteiger charge is -2.42. The number of hydrogen-bond donors (Lipinski definition) is 0. The van der Waals surface area contributed by atoms with Crippen LogP contribution in [0.3, 0.4) is 0 Å². The van der Waals surface area contributed by atoms with E-state index >= 15 is 0 Å². The van der Waals surface area contributed by atoms with Crippen molar-refractivity contribution in [2.75, 3.05) is 32.7 Å². The molecule has 1 aliphatic carbocycles. The summed E-state index contributed by atoms with van der Waals surface area (Å²) in [6.45, 7) is 13.9. The average molecular weight is 445 g/mol. The van der Waals surface area contributed by atoms with Gasteiger partial charge in [0.2, 0.25) is 5.96 Å². The molecule has 5 nitrogen and oxygen atoms in total. The largest absolute Gasteiger partial charge is 0.314 e. The van der Waals surface area contributed by atoms with Crippen LogP contribution < -0.4 is 0 Å². The molecule has 0 bridgehead atoms. The van der Waals surface area contributed by atoms with Gasteiger partial charge in [0.15, 0.2) is 0 Å². The SMILES string of the molecule is Cc1ccccc1CN1C(=O)C2=C(CCN(CC3=CCC(C(C)(C)C)C=C3)C2)N2CCN=C12. The second kappa shape index (κ2) is 8.60. The molecule has 0 fully saturated rings. The Kier molecular flexibility index (Phi) is 5.77. The summed E-state index contributed by atoms with van der Waals surface area (Å²) in [5.74, 6) is 1.58. The molecule has 1 unspecified atom stereocenters. The van der Waals surface area contributed by atoms with Crippen LogP contribution >= 0.6 is 0 Å². The Bertz CT molecular complexity index is 1070. The molecule has 174 valence electrons. The van der Waals surface area contributed by atoms with Crippen molar-refractivity contribution in [2.45, 2.75) is 47.1 Å². The number of fused-ring (bicyclic) bond motifs is 2. The zero-order valence-corrected chi connectivity index (χ0v) is 20.5. The number of allylic oxidation sites excluding steroid dienone is 2. The first-order chi connectivity index (χ1) is 15.8. The van der Waals surface area contributed by atoms with E-state index < -0.39 is 0 Å². The summed E-state index contributed by atoms with van der Waals surface area (Å²) in [5.41, 5.74) is 6.24. The Hall–Kier alpha value is -2.66. The number of hydrogen-bond acceptors (Lipinski definition) is 4. The predicted molar refractivity (Wildman–Crippen MR) is 134 cm³/mol. The van der Waals surface area contributed by atoms with E-state index in [0.717, 1.165) is 57.1 Å². The van der Waals surface area contributed by atoms with Crippen LogP contribution in [-0.4, -0.2) is 59.3 Å². The zero-order valence-electron chi connectivity index (χ0n) is 20.5. The third kappa shape index (κ3) is 4.31. The van der Waals surface area contributed by atoms with Crippen molar-refractivity contribution in [3.63, 3.8) is 0 Å². The van der Waals surface area contributed by atoms with E-state index in [0.29, 0.717) is 17.9 Å². The number of carbonyl (C=O) groups is 1. The van der Waals surface area contributed by atoms with E-state index in [9.17, 15) is 4.79 Å². The Morgan fingerprint density at radius 2 is 1.94 bits per heavy atom. The number of rotatable bonds is 4. The van der Waals surface area contributed by atoms with Crippen LogP contribution in [0.1, 0.15) is 44.7 Å². The molecule has 0 aromatic heterocycles. The summed E-state index contributed by atoms with van der Waals surface area (Å²) in [6.07, 6.45) is 9.11. The van der Waals surface area contributed by atoms with E-state index in [4.69, 9.17) is 4.99 Å². The summed E-state index contributed by atoms with van der Waals surface area (Å²) >= 11 is 0. The number of aryl methyl sites for hydroxylation is 1. The van der Waals surface area contributed by atoms with Gasteiger partial charge in [-0.05, 0) is 41.4 Å². The summed E-state index contributed by atoms with van der Waals surface area (Å²) in [7, 11) is 0. The molecule has 4 aliphatic rings. The minimum Gasteiger partial charge on any atom is -0.314 e. The maximum atomic E-state index is 13.7. The van der Waals surface area contributed by atoms with Gasteiger partial charge in [-0.25, -0.2) is 0 Å². The van der Waals surface area contributed by atoms with Gasteiger partial charge >= 0.3 is 0 Å². The molecule has 5 heteroatoms. The number of guanidine groups is 1. The fourth-order valence-electron chi connectivity index (χ4n) is 5.39. The van der Waals surface area contributed by atoms with E-state index in [1.54, 1.807) is 0 Å². The number of aliphatic imine (C=N–C) groups is 1. The van der Waals surface area contributed by atoms with E-state index in [2.05, 4.69) is 67.9 Å². The fraction of sp³-hybridized carbons (Fsp3) is 0.500. The summed E-state index contributed by atoms with van der Waals surface area (Å²) in [4.78, 5) is 25.1. The van der Waals surface area contributed by atoms with Gasteiger partial charge in [-0.2, -0.15) is 0 Å². The van der Waals surface area contributed by atoms with Gasteiger partial charge in [-0.15, -0.1) is 0 Å². The minimum atomic E-state index is 0.135. The number of carbonyl (C=O) groups excluding carboxylic acids is 1. The van der Waals surface area contributed by atoms with Gasteiger partial charge in [0.05, 0.1) is 18.7 Å². The molecule has 1 aromatic rings. The highest BCUT2D eigenvalue weighted by Gasteiger charge is 2.41. The number of amides is 1. The highest BCUT2D eigenvalue weighted by Crippen LogP contribution is 2.35. The standard InChI is InChI=1S/C28H36N4O/c1-20-7-5-6-8-22(20)18-32-26(33)24-19-30(15-13-25(24)31-16-14-29-27(31)32)17-21-9-11-23(12-10-21)28(2,3)4/h5-11,23H,12-19H2,1-4H3. The Labute approximate surface area is 198 Å². The maximum Gasteiger partial charge on any atom is 0.259 e. The summed E-state index contributed by atoms with van der Waals surface area (Å²) in [5, 5.41) is 0. The molecule has 3 aliphatic heterocycles. The van der Waals surface area contributed by atoms with Crippen molar-refractivity contribution in [1.82, 2.24) is 14.7 Å². The molecule has 1 atom stereocenters. The fourth-order valence-corrected chi connectivity index (χ4v) is 5.39. The molecule has 33 heavy (non-hydrogen) atoms. The second-order valence-electron chi connectivity index (χ2n) is 10.9. The van der Waals surface area contributed by atoms with Crippen LogP contribution in [0.5, 0.6) is 0 Å². The molecule has 3 heterocycles. The molecule has 0 N–H and O–H groups in total. The zero-order chi connectivity index (χ0) is 23.2. The minimum absolute atomic E-state index is 0.135. The molecular weight excluding hydrogens is 408 g/mol. The van der Waals surface area contributed by atoms with Crippen LogP contribution in [0.2, 0.25) is 0 Å². The van der Waals surface area contributed by atoms with Crippen LogP contribution in [0, 0.1) is 18.3 Å². The van der Waals surface area contributed by atoms with Crippen LogP contribution in [0.4, 0.5) is 0 Å². The first kappa shape index (κ1) is 22.1. The molecule has 1 amide bonds. The lowest BCUT2D eigenvalue weighted by atomic mass is 9.76. The van der Waals surface area contributed by atoms with Crippen LogP contribution in [0.15, 0.2) is 64.3 Å². The van der Waals surface area contributed by atoms with Crippen LogP contribution in [0.25, 0.3) is 0 Å². The van der Waals surface area contributed by atoms with Gasteiger partial charge in [0.25, 0.3) is 5.91 Å². The topological polar surface area (TPSA) is 39.2 Å². The Balaban J connectivity index is 1.33. The van der Waals surface area contributed by atoms with Gasteiger partial charge in [-0.3, -0.25) is 19.6 Å². The Morgan fingerprint density at radius 1 is 1.12 bits per heavy atom. The van der Waals surface area contributed by atoms with Gasteiger partial charge < -0.3 is 4.90 Å². The molecule has 0 radical (unpaired) electrons. The number of nitrogens with zero attached hydrogens (tertiary/aromatic N) is 4. The van der Waals surface area contributed by atoms with Gasteiger partial charge in [0, 0.05) is 38.3 Å². The average Bonchev–Trinajstić information content (AvgIpc) is 3.27.